The molecule has 1 fully saturated rings. The molecule has 1 nitrogen and oxygen atoms in total. The monoisotopic (exact) mass is 216 g/mol. The molecule has 0 radical (unpaired) electrons. The first kappa shape index (κ1) is 11.3. The van der Waals surface area contributed by atoms with Crippen LogP contribution in [0.15, 0.2) is 30.4 Å². The lowest BCUT2D eigenvalue weighted by atomic mass is 9.73. The number of phenols is 1. The van der Waals surface area contributed by atoms with Crippen molar-refractivity contribution in [3.8, 4) is 5.75 Å². The van der Waals surface area contributed by atoms with Crippen LogP contribution in [-0.2, 0) is 5.41 Å². The SMILES string of the molecule is C=C1CC[C@@](C)(c2ccc(C)cc2O)[C@H]1C. The number of aryl methyl sites for hydroxylation is 1. The fraction of sp³-hybridized carbons (Fsp3) is 0.467. The first-order valence-corrected chi connectivity index (χ1v) is 5.93. The molecule has 0 heterocycles. The molecule has 0 aromatic heterocycles. The number of phenolic OH excluding ortho intramolecular Hbond substituents is 1. The van der Waals surface area contributed by atoms with Crippen LogP contribution in [0.5, 0.6) is 5.75 Å². The molecule has 2 atom stereocenters. The molecule has 1 aliphatic carbocycles. The van der Waals surface area contributed by atoms with E-state index < -0.39 is 0 Å². The Morgan fingerprint density at radius 1 is 1.44 bits per heavy atom. The highest BCUT2D eigenvalue weighted by molar-refractivity contribution is 5.44. The molecule has 1 aromatic rings. The molecule has 1 aliphatic rings. The summed E-state index contributed by atoms with van der Waals surface area (Å²) in [6.45, 7) is 10.6. The lowest BCUT2D eigenvalue weighted by molar-refractivity contribution is 0.370. The van der Waals surface area contributed by atoms with Gasteiger partial charge < -0.3 is 5.11 Å². The van der Waals surface area contributed by atoms with Gasteiger partial charge in [-0.05, 0) is 37.3 Å². The molecule has 1 aromatic carbocycles. The van der Waals surface area contributed by atoms with Gasteiger partial charge in [0.05, 0.1) is 0 Å². The Morgan fingerprint density at radius 2 is 2.12 bits per heavy atom. The largest absolute Gasteiger partial charge is 0.508 e. The van der Waals surface area contributed by atoms with Crippen LogP contribution >= 0.6 is 0 Å². The van der Waals surface area contributed by atoms with E-state index in [1.54, 1.807) is 0 Å². The summed E-state index contributed by atoms with van der Waals surface area (Å²) in [5.74, 6) is 0.880. The third-order valence-electron chi connectivity index (χ3n) is 4.30. The smallest absolute Gasteiger partial charge is 0.119 e. The number of allylic oxidation sites excluding steroid dienone is 1. The quantitative estimate of drug-likeness (QED) is 0.705. The Bertz CT molecular complexity index is 433. The van der Waals surface area contributed by atoms with Crippen molar-refractivity contribution >= 4 is 0 Å². The van der Waals surface area contributed by atoms with Gasteiger partial charge in [0, 0.05) is 11.0 Å². The van der Waals surface area contributed by atoms with E-state index in [0.29, 0.717) is 11.7 Å². The highest BCUT2D eigenvalue weighted by Gasteiger charge is 2.40. The summed E-state index contributed by atoms with van der Waals surface area (Å²) in [7, 11) is 0. The van der Waals surface area contributed by atoms with Crippen molar-refractivity contribution < 1.29 is 5.11 Å². The van der Waals surface area contributed by atoms with Gasteiger partial charge in [-0.25, -0.2) is 0 Å². The molecule has 1 saturated carbocycles. The summed E-state index contributed by atoms with van der Waals surface area (Å²) in [6, 6.07) is 6.00. The molecular weight excluding hydrogens is 196 g/mol. The Kier molecular flexibility index (Phi) is 2.57. The minimum Gasteiger partial charge on any atom is -0.508 e. The molecular formula is C15H20O. The van der Waals surface area contributed by atoms with E-state index in [2.05, 4.69) is 32.6 Å². The fourth-order valence-corrected chi connectivity index (χ4v) is 2.80. The van der Waals surface area contributed by atoms with Crippen LogP contribution in [0.4, 0.5) is 0 Å². The van der Waals surface area contributed by atoms with Crippen LogP contribution < -0.4 is 0 Å². The minimum atomic E-state index is 0.0505. The predicted octanol–water partition coefficient (Wildman–Crippen LogP) is 3.94. The van der Waals surface area contributed by atoms with E-state index in [9.17, 15) is 5.11 Å². The van der Waals surface area contributed by atoms with Gasteiger partial charge in [0.1, 0.15) is 5.75 Å². The van der Waals surface area contributed by atoms with Gasteiger partial charge in [-0.3, -0.25) is 0 Å². The summed E-state index contributed by atoms with van der Waals surface area (Å²) < 4.78 is 0. The second kappa shape index (κ2) is 3.65. The maximum atomic E-state index is 10.1. The van der Waals surface area contributed by atoms with Crippen LogP contribution in [0.25, 0.3) is 0 Å². The number of benzene rings is 1. The maximum Gasteiger partial charge on any atom is 0.119 e. The van der Waals surface area contributed by atoms with Crippen LogP contribution in [-0.4, -0.2) is 5.11 Å². The topological polar surface area (TPSA) is 20.2 Å². The molecule has 1 heteroatoms. The van der Waals surface area contributed by atoms with E-state index in [0.717, 1.165) is 24.0 Å². The highest BCUT2D eigenvalue weighted by atomic mass is 16.3. The van der Waals surface area contributed by atoms with Gasteiger partial charge in [-0.2, -0.15) is 0 Å². The number of rotatable bonds is 1. The van der Waals surface area contributed by atoms with Crippen molar-refractivity contribution in [3.63, 3.8) is 0 Å². The average molecular weight is 216 g/mol. The second-order valence-corrected chi connectivity index (χ2v) is 5.32. The van der Waals surface area contributed by atoms with Crippen molar-refractivity contribution in [1.29, 1.82) is 0 Å². The molecule has 0 bridgehead atoms. The number of hydrogen-bond donors (Lipinski definition) is 1. The molecule has 0 saturated heterocycles. The van der Waals surface area contributed by atoms with Crippen LogP contribution in [0.3, 0.4) is 0 Å². The van der Waals surface area contributed by atoms with Gasteiger partial charge in [-0.1, -0.05) is 38.1 Å². The number of hydrogen-bond acceptors (Lipinski definition) is 1. The van der Waals surface area contributed by atoms with Gasteiger partial charge >= 0.3 is 0 Å². The zero-order chi connectivity index (χ0) is 11.9. The molecule has 0 aliphatic heterocycles. The van der Waals surface area contributed by atoms with Crippen molar-refractivity contribution in [2.24, 2.45) is 5.92 Å². The Balaban J connectivity index is 2.48. The Labute approximate surface area is 97.8 Å². The molecule has 0 amide bonds. The third kappa shape index (κ3) is 1.55. The van der Waals surface area contributed by atoms with Crippen molar-refractivity contribution in [3.05, 3.63) is 41.5 Å². The molecule has 0 spiro atoms. The first-order valence-electron chi connectivity index (χ1n) is 5.93. The summed E-state index contributed by atoms with van der Waals surface area (Å²) in [4.78, 5) is 0. The molecule has 86 valence electrons. The Hall–Kier alpha value is -1.24. The van der Waals surface area contributed by atoms with Crippen molar-refractivity contribution in [1.82, 2.24) is 0 Å². The van der Waals surface area contributed by atoms with Crippen LogP contribution in [0, 0.1) is 12.8 Å². The van der Waals surface area contributed by atoms with Crippen molar-refractivity contribution in [2.75, 3.05) is 0 Å². The Morgan fingerprint density at radius 3 is 2.62 bits per heavy atom. The predicted molar refractivity (Wildman–Crippen MR) is 67.7 cm³/mol. The van der Waals surface area contributed by atoms with E-state index in [1.807, 2.05) is 13.0 Å². The van der Waals surface area contributed by atoms with E-state index in [-0.39, 0.29) is 5.41 Å². The summed E-state index contributed by atoms with van der Waals surface area (Å²) in [5, 5.41) is 10.1. The zero-order valence-corrected chi connectivity index (χ0v) is 10.4. The lowest BCUT2D eigenvalue weighted by Gasteiger charge is -2.30. The van der Waals surface area contributed by atoms with Gasteiger partial charge in [0.2, 0.25) is 0 Å². The van der Waals surface area contributed by atoms with Crippen molar-refractivity contribution in [2.45, 2.75) is 39.0 Å². The molecule has 0 unspecified atom stereocenters. The van der Waals surface area contributed by atoms with Gasteiger partial charge in [0.25, 0.3) is 0 Å². The highest BCUT2D eigenvalue weighted by Crippen LogP contribution is 2.49. The summed E-state index contributed by atoms with van der Waals surface area (Å²) in [6.07, 6.45) is 2.16. The third-order valence-corrected chi connectivity index (χ3v) is 4.30. The molecule has 2 rings (SSSR count). The standard InChI is InChI=1S/C15H20O/c1-10-5-6-13(14(16)9-10)15(4)8-7-11(2)12(15)3/h5-6,9,12,16H,2,7-8H2,1,3-4H3/t12-,15+/m0/s1. The van der Waals surface area contributed by atoms with E-state index >= 15 is 0 Å². The first-order chi connectivity index (χ1) is 7.45. The van der Waals surface area contributed by atoms with E-state index in [1.165, 1.54) is 5.57 Å². The number of aromatic hydroxyl groups is 1. The molecule has 16 heavy (non-hydrogen) atoms. The van der Waals surface area contributed by atoms with E-state index in [4.69, 9.17) is 0 Å². The second-order valence-electron chi connectivity index (χ2n) is 5.32. The zero-order valence-electron chi connectivity index (χ0n) is 10.4. The van der Waals surface area contributed by atoms with Crippen LogP contribution in [0.2, 0.25) is 0 Å². The minimum absolute atomic E-state index is 0.0505. The normalized spacial score (nSPS) is 29.7. The lowest BCUT2D eigenvalue weighted by Crippen LogP contribution is -2.25. The molecule has 1 N–H and O–H groups in total. The maximum absolute atomic E-state index is 10.1. The fourth-order valence-electron chi connectivity index (χ4n) is 2.80. The van der Waals surface area contributed by atoms with Gasteiger partial charge in [0.15, 0.2) is 0 Å². The average Bonchev–Trinajstić information content (AvgIpc) is 2.47. The van der Waals surface area contributed by atoms with Crippen LogP contribution in [0.1, 0.15) is 37.8 Å². The summed E-state index contributed by atoms with van der Waals surface area (Å²) >= 11 is 0. The summed E-state index contributed by atoms with van der Waals surface area (Å²) in [5.41, 5.74) is 3.54. The van der Waals surface area contributed by atoms with Gasteiger partial charge in [-0.15, -0.1) is 0 Å².